The molecule has 0 bridgehead atoms. The maximum Gasteiger partial charge on any atom is 0.385 e. The first-order valence-corrected chi connectivity index (χ1v) is 4.68. The first-order valence-electron chi connectivity index (χ1n) is 4.68. The van der Waals surface area contributed by atoms with Crippen molar-refractivity contribution in [2.24, 2.45) is 11.5 Å². The van der Waals surface area contributed by atoms with Gasteiger partial charge in [0.25, 0.3) is 0 Å². The first-order chi connectivity index (χ1) is 7.06. The van der Waals surface area contributed by atoms with E-state index in [1.165, 1.54) is 0 Å². The minimum atomic E-state index is -5.54. The van der Waals surface area contributed by atoms with Crippen LogP contribution in [0.3, 0.4) is 0 Å². The Balaban J connectivity index is 4.41. The van der Waals surface area contributed by atoms with Gasteiger partial charge in [-0.25, -0.2) is 0 Å². The fourth-order valence-corrected chi connectivity index (χ4v) is 1.07. The second kappa shape index (κ2) is 5.22. The van der Waals surface area contributed by atoms with Crippen molar-refractivity contribution in [2.75, 3.05) is 6.54 Å². The van der Waals surface area contributed by atoms with Gasteiger partial charge in [-0.05, 0) is 19.4 Å². The molecule has 0 rings (SSSR count). The minimum absolute atomic E-state index is 0.179. The third-order valence-electron chi connectivity index (χ3n) is 2.07. The van der Waals surface area contributed by atoms with Gasteiger partial charge >= 0.3 is 17.9 Å². The molecule has 0 aromatic rings. The van der Waals surface area contributed by atoms with Crippen molar-refractivity contribution in [3.8, 4) is 0 Å². The van der Waals surface area contributed by atoms with Crippen molar-refractivity contribution >= 4 is 0 Å². The van der Waals surface area contributed by atoms with E-state index in [1.807, 2.05) is 0 Å². The van der Waals surface area contributed by atoms with E-state index in [0.717, 1.165) is 0 Å². The van der Waals surface area contributed by atoms with Crippen molar-refractivity contribution in [2.45, 2.75) is 43.6 Å². The molecule has 0 aromatic heterocycles. The van der Waals surface area contributed by atoms with Crippen LogP contribution in [0.1, 0.15) is 25.7 Å². The molecule has 0 aliphatic rings. The minimum Gasteiger partial charge on any atom is -0.330 e. The van der Waals surface area contributed by atoms with Crippen molar-refractivity contribution in [1.82, 2.24) is 0 Å². The molecule has 0 spiro atoms. The number of unbranched alkanes of at least 4 members (excludes halogenated alkanes) is 2. The highest BCUT2D eigenvalue weighted by molar-refractivity contribution is 4.92. The summed E-state index contributed by atoms with van der Waals surface area (Å²) in [5, 5.41) is 0. The number of hydrogen-bond acceptors (Lipinski definition) is 2. The Hall–Kier alpha value is -0.500. The summed E-state index contributed by atoms with van der Waals surface area (Å²) in [5.74, 6) is -10.4. The molecule has 0 aliphatic heterocycles. The van der Waals surface area contributed by atoms with E-state index in [-0.39, 0.29) is 19.4 Å². The van der Waals surface area contributed by atoms with Crippen LogP contribution >= 0.6 is 0 Å². The molecule has 0 aromatic carbocycles. The van der Waals surface area contributed by atoms with E-state index in [9.17, 15) is 26.3 Å². The molecular formula is C8H14F6N2. The predicted octanol–water partition coefficient (Wildman–Crippen LogP) is 2.33. The standard InChI is InChI=1S/C8H14F6N2/c9-6(10,4-2-1-3-5-15)7(11,12)8(13,14)16/h1-5,15-16H2. The summed E-state index contributed by atoms with van der Waals surface area (Å²) < 4.78 is 74.9. The number of halogens is 6. The lowest BCUT2D eigenvalue weighted by Gasteiger charge is -2.30. The molecule has 4 N–H and O–H groups in total. The molecule has 98 valence electrons. The molecule has 0 aliphatic carbocycles. The van der Waals surface area contributed by atoms with E-state index in [2.05, 4.69) is 5.73 Å². The van der Waals surface area contributed by atoms with Gasteiger partial charge in [0, 0.05) is 6.42 Å². The summed E-state index contributed by atoms with van der Waals surface area (Å²) in [4.78, 5) is 0. The summed E-state index contributed by atoms with van der Waals surface area (Å²) in [6.07, 6.45) is -1.10. The zero-order chi connectivity index (χ0) is 13.0. The second-order valence-corrected chi connectivity index (χ2v) is 3.50. The molecule has 16 heavy (non-hydrogen) atoms. The van der Waals surface area contributed by atoms with Crippen LogP contribution in [0.15, 0.2) is 0 Å². The zero-order valence-electron chi connectivity index (χ0n) is 8.46. The lowest BCUT2D eigenvalue weighted by Crippen LogP contribution is -2.58. The highest BCUT2D eigenvalue weighted by atomic mass is 19.3. The Morgan fingerprint density at radius 1 is 0.812 bits per heavy atom. The Bertz CT molecular complexity index is 213. The normalized spacial score (nSPS) is 14.2. The average Bonchev–Trinajstić information content (AvgIpc) is 2.10. The predicted molar refractivity (Wildman–Crippen MR) is 46.6 cm³/mol. The number of alkyl halides is 6. The maximum absolute atomic E-state index is 12.8. The fraction of sp³-hybridized carbons (Fsp3) is 1.00. The SMILES string of the molecule is NCCCCCC(F)(F)C(F)(F)C(N)(F)F. The molecule has 0 saturated carbocycles. The number of rotatable bonds is 7. The van der Waals surface area contributed by atoms with Crippen LogP contribution in [0.5, 0.6) is 0 Å². The second-order valence-electron chi connectivity index (χ2n) is 3.50. The summed E-state index contributed by atoms with van der Waals surface area (Å²) >= 11 is 0. The molecule has 0 unspecified atom stereocenters. The first kappa shape index (κ1) is 15.5. The Kier molecular flexibility index (Phi) is 5.06. The van der Waals surface area contributed by atoms with Crippen LogP contribution in [-0.2, 0) is 0 Å². The summed E-state index contributed by atoms with van der Waals surface area (Å²) in [6, 6.07) is -5.23. The van der Waals surface area contributed by atoms with E-state index in [1.54, 1.807) is 0 Å². The molecular weight excluding hydrogens is 238 g/mol. The third-order valence-corrected chi connectivity index (χ3v) is 2.07. The number of nitrogens with two attached hydrogens (primary N) is 2. The topological polar surface area (TPSA) is 52.0 Å². The molecule has 0 saturated heterocycles. The zero-order valence-corrected chi connectivity index (χ0v) is 8.46. The quantitative estimate of drug-likeness (QED) is 0.415. The highest BCUT2D eigenvalue weighted by Crippen LogP contribution is 2.45. The fourth-order valence-electron chi connectivity index (χ4n) is 1.07. The number of hydrogen-bond donors (Lipinski definition) is 2. The van der Waals surface area contributed by atoms with Crippen molar-refractivity contribution in [3.63, 3.8) is 0 Å². The Morgan fingerprint density at radius 3 is 1.69 bits per heavy atom. The smallest absolute Gasteiger partial charge is 0.330 e. The van der Waals surface area contributed by atoms with Crippen molar-refractivity contribution < 1.29 is 26.3 Å². The molecule has 0 radical (unpaired) electrons. The lowest BCUT2D eigenvalue weighted by molar-refractivity contribution is -0.308. The van der Waals surface area contributed by atoms with Crippen LogP contribution in [0.2, 0.25) is 0 Å². The summed E-state index contributed by atoms with van der Waals surface area (Å²) in [6.45, 7) is 0.231. The van der Waals surface area contributed by atoms with E-state index >= 15 is 0 Å². The largest absolute Gasteiger partial charge is 0.385 e. The van der Waals surface area contributed by atoms with Crippen LogP contribution < -0.4 is 11.5 Å². The summed E-state index contributed by atoms with van der Waals surface area (Å²) in [5.41, 5.74) is 8.80. The highest BCUT2D eigenvalue weighted by Gasteiger charge is 2.69. The van der Waals surface area contributed by atoms with Crippen molar-refractivity contribution in [1.29, 1.82) is 0 Å². The van der Waals surface area contributed by atoms with Gasteiger partial charge in [-0.15, -0.1) is 0 Å². The molecule has 2 nitrogen and oxygen atoms in total. The van der Waals surface area contributed by atoms with Gasteiger partial charge in [0.1, 0.15) is 0 Å². The Labute approximate surface area is 89.0 Å². The molecule has 0 atom stereocenters. The van der Waals surface area contributed by atoms with E-state index < -0.39 is 24.3 Å². The van der Waals surface area contributed by atoms with Gasteiger partial charge in [0.2, 0.25) is 0 Å². The van der Waals surface area contributed by atoms with Gasteiger partial charge in [-0.2, -0.15) is 26.3 Å². The van der Waals surface area contributed by atoms with Crippen molar-refractivity contribution in [3.05, 3.63) is 0 Å². The van der Waals surface area contributed by atoms with Crippen LogP contribution in [-0.4, -0.2) is 24.4 Å². The Morgan fingerprint density at radius 2 is 1.31 bits per heavy atom. The lowest BCUT2D eigenvalue weighted by atomic mass is 10.0. The van der Waals surface area contributed by atoms with E-state index in [0.29, 0.717) is 6.42 Å². The molecule has 0 heterocycles. The monoisotopic (exact) mass is 252 g/mol. The average molecular weight is 252 g/mol. The van der Waals surface area contributed by atoms with Gasteiger partial charge in [-0.1, -0.05) is 6.42 Å². The van der Waals surface area contributed by atoms with E-state index in [4.69, 9.17) is 5.73 Å². The molecule has 0 amide bonds. The van der Waals surface area contributed by atoms with Gasteiger partial charge < -0.3 is 5.73 Å². The molecule has 8 heteroatoms. The van der Waals surface area contributed by atoms with Gasteiger partial charge in [-0.3, -0.25) is 5.73 Å². The maximum atomic E-state index is 12.8. The van der Waals surface area contributed by atoms with Crippen LogP contribution in [0.25, 0.3) is 0 Å². The third kappa shape index (κ3) is 3.51. The van der Waals surface area contributed by atoms with Gasteiger partial charge in [0.05, 0.1) is 0 Å². The molecule has 0 fully saturated rings. The van der Waals surface area contributed by atoms with Crippen LogP contribution in [0.4, 0.5) is 26.3 Å². The van der Waals surface area contributed by atoms with Gasteiger partial charge in [0.15, 0.2) is 0 Å². The summed E-state index contributed by atoms with van der Waals surface area (Å²) in [7, 11) is 0. The van der Waals surface area contributed by atoms with Crippen LogP contribution in [0, 0.1) is 0 Å².